The largest absolute Gasteiger partial charge is 0.480 e. The molecule has 0 atom stereocenters. The molecule has 0 amide bonds. The van der Waals surface area contributed by atoms with Gasteiger partial charge in [0.2, 0.25) is 0 Å². The number of hydrogen-bond donors (Lipinski definition) is 3. The van der Waals surface area contributed by atoms with Crippen molar-refractivity contribution in [1.29, 1.82) is 0 Å². The van der Waals surface area contributed by atoms with Crippen LogP contribution in [0.2, 0.25) is 0 Å². The number of rotatable bonds is 4. The summed E-state index contributed by atoms with van der Waals surface area (Å²) >= 11 is 0. The smallest absolute Gasteiger partial charge is 0.323 e. The minimum absolute atomic E-state index is 0.106. The summed E-state index contributed by atoms with van der Waals surface area (Å²) in [5.74, 6) is -0.294. The Balaban J connectivity index is 1.51. The number of nitrogens with two attached hydrogens (primary N) is 2. The number of carbonyl (C=O) groups is 1. The predicted octanol–water partition coefficient (Wildman–Crippen LogP) is 1.74. The summed E-state index contributed by atoms with van der Waals surface area (Å²) < 4.78 is 1.66. The van der Waals surface area contributed by atoms with Crippen LogP contribution >= 0.6 is 0 Å². The van der Waals surface area contributed by atoms with E-state index in [-0.39, 0.29) is 5.92 Å². The lowest BCUT2D eigenvalue weighted by molar-refractivity contribution is -0.144. The molecule has 3 heterocycles. The molecule has 0 spiro atoms. The minimum Gasteiger partial charge on any atom is -0.480 e. The molecule has 0 saturated heterocycles. The van der Waals surface area contributed by atoms with Crippen LogP contribution in [0.1, 0.15) is 37.3 Å². The third-order valence-electron chi connectivity index (χ3n) is 6.80. The molecule has 1 fully saturated rings. The summed E-state index contributed by atoms with van der Waals surface area (Å²) in [6.45, 7) is 0. The first-order valence-electron chi connectivity index (χ1n) is 11.1. The summed E-state index contributed by atoms with van der Waals surface area (Å²) in [5.41, 5.74) is 17.5. The Morgan fingerprint density at radius 3 is 2.45 bits per heavy atom. The van der Waals surface area contributed by atoms with Crippen LogP contribution in [-0.4, -0.2) is 44.0 Å². The quantitative estimate of drug-likeness (QED) is 0.412. The highest BCUT2D eigenvalue weighted by molar-refractivity contribution is 6.36. The van der Waals surface area contributed by atoms with Gasteiger partial charge >= 0.3 is 5.97 Å². The molecule has 0 radical (unpaired) electrons. The fourth-order valence-electron chi connectivity index (χ4n) is 4.67. The Morgan fingerprint density at radius 2 is 1.82 bits per heavy atom. The number of anilines is 1. The molecule has 0 bridgehead atoms. The molecule has 0 aliphatic heterocycles. The second-order valence-electron chi connectivity index (χ2n) is 8.83. The number of hydrogen-bond acceptors (Lipinski definition) is 6. The van der Waals surface area contributed by atoms with E-state index in [9.17, 15) is 9.90 Å². The molecule has 3 aromatic heterocycles. The van der Waals surface area contributed by atoms with Crippen LogP contribution in [-0.2, 0) is 4.79 Å². The minimum atomic E-state index is -1.16. The lowest BCUT2D eigenvalue weighted by Gasteiger charge is -2.34. The molecule has 1 aromatic carbocycles. The highest BCUT2D eigenvalue weighted by Gasteiger charge is 2.39. The monoisotopic (exact) mass is 440 g/mol. The molecule has 0 unspecified atom stereocenters. The van der Waals surface area contributed by atoms with Crippen molar-refractivity contribution in [3.05, 3.63) is 60.6 Å². The summed E-state index contributed by atoms with van der Waals surface area (Å²) in [6, 6.07) is 14.0. The van der Waals surface area contributed by atoms with Crippen molar-refractivity contribution in [1.82, 2.24) is 19.6 Å². The summed E-state index contributed by atoms with van der Waals surface area (Å²) in [4.78, 5) is 21.1. The highest BCUT2D eigenvalue weighted by Crippen LogP contribution is 2.37. The fraction of sp³-hybridized carbons (Fsp3) is 0.250. The van der Waals surface area contributed by atoms with E-state index >= 15 is 0 Å². The van der Waals surface area contributed by atoms with Crippen LogP contribution in [0.5, 0.6) is 0 Å². The van der Waals surface area contributed by atoms with Gasteiger partial charge < -0.3 is 16.6 Å². The summed E-state index contributed by atoms with van der Waals surface area (Å²) in [5, 5.41) is 13.9. The Hall–Kier alpha value is -3.72. The van der Waals surface area contributed by atoms with Crippen LogP contribution in [0.4, 0.5) is 5.82 Å². The average molecular weight is 440 g/mol. The summed E-state index contributed by atoms with van der Waals surface area (Å²) in [6.07, 6.45) is 5.73. The normalized spacial score (nSPS) is 20.7. The number of benzene rings is 1. The van der Waals surface area contributed by atoms with Gasteiger partial charge in [-0.2, -0.15) is 9.61 Å². The Morgan fingerprint density at radius 1 is 1.09 bits per heavy atom. The number of nitrogens with zero attached hydrogens (tertiary/aromatic N) is 4. The highest BCUT2D eigenvalue weighted by atomic mass is 16.4. The van der Waals surface area contributed by atoms with Crippen LogP contribution in [0.25, 0.3) is 28.0 Å². The van der Waals surface area contributed by atoms with E-state index in [4.69, 9.17) is 16.5 Å². The number of aromatic nitrogens is 4. The number of aliphatic carboxylic acids is 1. The molecular weight excluding hydrogens is 415 g/mol. The van der Waals surface area contributed by atoms with Gasteiger partial charge in [-0.25, -0.2) is 4.98 Å². The van der Waals surface area contributed by atoms with E-state index in [1.54, 1.807) is 10.7 Å². The molecule has 1 saturated carbocycles. The first-order valence-corrected chi connectivity index (χ1v) is 11.1. The second-order valence-corrected chi connectivity index (χ2v) is 8.83. The lowest BCUT2D eigenvalue weighted by atomic mass is 9.73. The maximum absolute atomic E-state index is 11.5. The Bertz CT molecular complexity index is 1330. The first-order chi connectivity index (χ1) is 15.9. The second kappa shape index (κ2) is 8.01. The average Bonchev–Trinajstić information content (AvgIpc) is 3.27. The molecule has 1 aliphatic rings. The first kappa shape index (κ1) is 21.1. The van der Waals surface area contributed by atoms with Crippen LogP contribution < -0.4 is 16.9 Å². The zero-order valence-corrected chi connectivity index (χ0v) is 18.4. The van der Waals surface area contributed by atoms with Gasteiger partial charge in [0, 0.05) is 34.5 Å². The van der Waals surface area contributed by atoms with Crippen molar-refractivity contribution < 1.29 is 9.90 Å². The van der Waals surface area contributed by atoms with Crippen molar-refractivity contribution in [2.45, 2.75) is 37.1 Å². The van der Waals surface area contributed by atoms with Gasteiger partial charge in [-0.15, -0.1) is 0 Å². The predicted molar refractivity (Wildman–Crippen MR) is 130 cm³/mol. The number of pyridine rings is 1. The van der Waals surface area contributed by atoms with E-state index in [1.807, 2.05) is 56.5 Å². The van der Waals surface area contributed by atoms with Gasteiger partial charge in [0.1, 0.15) is 19.2 Å². The van der Waals surface area contributed by atoms with Gasteiger partial charge in [-0.3, -0.25) is 9.78 Å². The van der Waals surface area contributed by atoms with Crippen molar-refractivity contribution in [2.24, 2.45) is 5.73 Å². The number of fused-ring (bicyclic) bond motifs is 1. The zero-order chi connectivity index (χ0) is 23.2. The zero-order valence-electron chi connectivity index (χ0n) is 18.4. The third kappa shape index (κ3) is 3.64. The molecule has 9 heteroatoms. The molecule has 4 aromatic rings. The summed E-state index contributed by atoms with van der Waals surface area (Å²) in [7, 11) is 1.94. The number of carboxylic acid groups (broad SMARTS) is 1. The molecule has 33 heavy (non-hydrogen) atoms. The Kier molecular flexibility index (Phi) is 5.13. The van der Waals surface area contributed by atoms with Crippen molar-refractivity contribution in [2.75, 3.05) is 5.73 Å². The number of nitrogen functional groups attached to an aromatic ring is 1. The van der Waals surface area contributed by atoms with Gasteiger partial charge in [0.25, 0.3) is 0 Å². The van der Waals surface area contributed by atoms with Crippen LogP contribution in [0, 0.1) is 0 Å². The standard InChI is InChI=1S/C24H25BN6O2/c25-19-20(15-8-10-24(27,11-9-15)23(32)33)30-22-17(13-29-31(22)21(19)26)16-6-7-18(28-12-16)14-4-2-1-3-5-14/h1-7,12-13,15H,8-11,25-27H2,(H,32,33). The van der Waals surface area contributed by atoms with E-state index in [0.29, 0.717) is 37.1 Å². The van der Waals surface area contributed by atoms with E-state index in [2.05, 4.69) is 10.1 Å². The SMILES string of the molecule is Bc1c(C2CCC(N)(C(=O)O)CC2)nc2c(-c3ccc(-c4ccccc4)nc3)cnn2c1N. The molecular formula is C24H25BN6O2. The molecule has 5 rings (SSSR count). The third-order valence-corrected chi connectivity index (χ3v) is 6.80. The van der Waals surface area contributed by atoms with E-state index in [0.717, 1.165) is 33.5 Å². The van der Waals surface area contributed by atoms with Crippen molar-refractivity contribution >= 4 is 30.7 Å². The van der Waals surface area contributed by atoms with Gasteiger partial charge in [0.15, 0.2) is 5.65 Å². The molecule has 166 valence electrons. The topological polar surface area (TPSA) is 132 Å². The van der Waals surface area contributed by atoms with Gasteiger partial charge in [-0.1, -0.05) is 36.4 Å². The lowest BCUT2D eigenvalue weighted by Crippen LogP contribution is -2.50. The van der Waals surface area contributed by atoms with Crippen LogP contribution in [0.3, 0.4) is 0 Å². The van der Waals surface area contributed by atoms with E-state index < -0.39 is 11.5 Å². The van der Waals surface area contributed by atoms with Crippen molar-refractivity contribution in [3.63, 3.8) is 0 Å². The van der Waals surface area contributed by atoms with Crippen LogP contribution in [0.15, 0.2) is 54.9 Å². The Labute approximate surface area is 192 Å². The molecule has 8 nitrogen and oxygen atoms in total. The number of carboxylic acids is 1. The molecule has 5 N–H and O–H groups in total. The van der Waals surface area contributed by atoms with E-state index in [1.165, 1.54) is 0 Å². The van der Waals surface area contributed by atoms with Gasteiger partial charge in [0.05, 0.1) is 11.9 Å². The van der Waals surface area contributed by atoms with Gasteiger partial charge in [-0.05, 0) is 37.2 Å². The maximum atomic E-state index is 11.5. The molecule has 1 aliphatic carbocycles. The fourth-order valence-corrected chi connectivity index (χ4v) is 4.67. The maximum Gasteiger partial charge on any atom is 0.323 e. The van der Waals surface area contributed by atoms with Crippen molar-refractivity contribution in [3.8, 4) is 22.4 Å².